The van der Waals surface area contributed by atoms with Gasteiger partial charge in [-0.1, -0.05) is 37.5 Å². The van der Waals surface area contributed by atoms with E-state index in [1.807, 2.05) is 64.2 Å². The normalized spacial score (nSPS) is 17.1. The van der Waals surface area contributed by atoms with Crippen molar-refractivity contribution in [1.29, 1.82) is 0 Å². The minimum Gasteiger partial charge on any atom is -0.457 e. The molecule has 0 aliphatic carbocycles. The van der Waals surface area contributed by atoms with E-state index in [0.29, 0.717) is 53.6 Å². The van der Waals surface area contributed by atoms with E-state index in [4.69, 9.17) is 15.6 Å². The number of unbranched alkanes of at least 4 members (excludes halogenated alkanes) is 4. The van der Waals surface area contributed by atoms with Crippen molar-refractivity contribution in [1.82, 2.24) is 34.9 Å². The highest BCUT2D eigenvalue weighted by Crippen LogP contribution is 2.37. The Labute approximate surface area is 343 Å². The highest BCUT2D eigenvalue weighted by Gasteiger charge is 2.46. The molecule has 3 aromatic carbocycles. The molecule has 16 heteroatoms. The maximum Gasteiger partial charge on any atom is 0.265 e. The number of hydrogen-bond acceptors (Lipinski definition) is 11. The van der Waals surface area contributed by atoms with Gasteiger partial charge in [0.2, 0.25) is 17.7 Å². The van der Waals surface area contributed by atoms with E-state index in [0.717, 1.165) is 61.2 Å². The average Bonchev–Trinajstić information content (AvgIpc) is 3.76. The Morgan fingerprint density at radius 3 is 2.36 bits per heavy atom. The second-order valence-electron chi connectivity index (χ2n) is 14.9. The molecule has 1 atom stereocenters. The molecule has 5 amide bonds. The van der Waals surface area contributed by atoms with E-state index in [1.54, 1.807) is 0 Å². The number of imide groups is 2. The molecule has 14 nitrogen and oxygen atoms in total. The Morgan fingerprint density at radius 1 is 0.864 bits per heavy atom. The molecule has 304 valence electrons. The lowest BCUT2D eigenvalue weighted by Crippen LogP contribution is -2.54. The number of halogens is 1. The van der Waals surface area contributed by atoms with Gasteiger partial charge in [0.05, 0.1) is 22.6 Å². The molecular formula is C43H43FN8O6S. The number of nitrogen functional groups attached to an aromatic ring is 1. The van der Waals surface area contributed by atoms with Gasteiger partial charge in [0.25, 0.3) is 11.8 Å². The second kappa shape index (κ2) is 17.4. The molecule has 2 saturated heterocycles. The lowest BCUT2D eigenvalue weighted by Gasteiger charge is -2.32. The zero-order chi connectivity index (χ0) is 41.0. The summed E-state index contributed by atoms with van der Waals surface area (Å²) in [6.07, 6.45) is 7.73. The van der Waals surface area contributed by atoms with Crippen LogP contribution in [-0.4, -0.2) is 84.0 Å². The van der Waals surface area contributed by atoms with Crippen LogP contribution < -0.4 is 15.8 Å². The lowest BCUT2D eigenvalue weighted by molar-refractivity contribution is -0.136. The van der Waals surface area contributed by atoms with E-state index >= 15 is 4.39 Å². The number of para-hydroxylation sites is 1. The van der Waals surface area contributed by atoms with Gasteiger partial charge in [-0.25, -0.2) is 19.0 Å². The smallest absolute Gasteiger partial charge is 0.265 e. The first kappa shape index (κ1) is 39.7. The predicted octanol–water partition coefficient (Wildman–Crippen LogP) is 6.70. The van der Waals surface area contributed by atoms with E-state index in [-0.39, 0.29) is 40.8 Å². The molecule has 8 rings (SSSR count). The molecule has 2 fully saturated rings. The number of nitrogens with two attached hydrogens (primary N) is 1. The fourth-order valence-electron chi connectivity index (χ4n) is 7.98. The van der Waals surface area contributed by atoms with Crippen LogP contribution in [-0.2, 0) is 14.4 Å². The Balaban J connectivity index is 0.770. The number of amides is 5. The number of rotatable bonds is 14. The lowest BCUT2D eigenvalue weighted by atomic mass is 10.0. The average molecular weight is 819 g/mol. The number of fused-ring (bicyclic) bond motifs is 2. The summed E-state index contributed by atoms with van der Waals surface area (Å²) in [5.41, 5.74) is 8.21. The summed E-state index contributed by atoms with van der Waals surface area (Å²) in [7, 11) is 0. The van der Waals surface area contributed by atoms with Gasteiger partial charge in [0.15, 0.2) is 5.65 Å². The number of thioether (sulfide) groups is 1. The number of likely N-dealkylation sites (tertiary alicyclic amines) is 1. The van der Waals surface area contributed by atoms with Crippen molar-refractivity contribution in [2.45, 2.75) is 81.2 Å². The molecule has 0 radical (unpaired) electrons. The number of anilines is 1. The van der Waals surface area contributed by atoms with Crippen molar-refractivity contribution in [3.05, 3.63) is 90.0 Å². The molecule has 1 unspecified atom stereocenters. The third-order valence-electron chi connectivity index (χ3n) is 11.1. The third-order valence-corrected chi connectivity index (χ3v) is 12.2. The number of benzene rings is 3. The van der Waals surface area contributed by atoms with Gasteiger partial charge in [0, 0.05) is 36.4 Å². The van der Waals surface area contributed by atoms with Crippen LogP contribution in [0.2, 0.25) is 0 Å². The predicted molar refractivity (Wildman–Crippen MR) is 218 cm³/mol. The number of aromatic nitrogens is 4. The Hall–Kier alpha value is -6.16. The minimum absolute atomic E-state index is 0.00632. The third kappa shape index (κ3) is 8.26. The molecule has 0 saturated carbocycles. The molecular weight excluding hydrogens is 776 g/mol. The number of piperidine rings is 2. The van der Waals surface area contributed by atoms with Crippen LogP contribution in [0.3, 0.4) is 0 Å². The van der Waals surface area contributed by atoms with Crippen LogP contribution >= 0.6 is 11.8 Å². The standard InChI is InChI=1S/C43H43FN8O6S/c44-37-32(18-16-30-35(37)43(57)51(42(30)56)31-17-19-33(53)48-41(31)55)59-24-8-3-1-2-7-11-34(54)50-22-20-27(21-23-50)52-40-36(39(45)46-25-47-40)38(49-52)26-12-14-29(15-13-26)58-28-9-5-4-6-10-28/h4-6,9-10,12-16,18,25,27,31H,1-3,7-8,11,17,19-24H2,(H2,45,46,47)(H,48,53,55). The van der Waals surface area contributed by atoms with Gasteiger partial charge in [-0.2, -0.15) is 5.10 Å². The first-order valence-electron chi connectivity index (χ1n) is 19.9. The molecule has 0 spiro atoms. The highest BCUT2D eigenvalue weighted by atomic mass is 32.2. The molecule has 59 heavy (non-hydrogen) atoms. The molecule has 0 bridgehead atoms. The maximum atomic E-state index is 15.5. The van der Waals surface area contributed by atoms with Gasteiger partial charge >= 0.3 is 0 Å². The van der Waals surface area contributed by atoms with E-state index < -0.39 is 35.5 Å². The summed E-state index contributed by atoms with van der Waals surface area (Å²) in [4.78, 5) is 74.8. The summed E-state index contributed by atoms with van der Waals surface area (Å²) in [5, 5.41) is 7.85. The number of nitrogens with one attached hydrogen (secondary N) is 1. The number of carbonyl (C=O) groups excluding carboxylic acids is 5. The summed E-state index contributed by atoms with van der Waals surface area (Å²) in [5.74, 6) is -0.980. The first-order chi connectivity index (χ1) is 28.7. The van der Waals surface area contributed by atoms with E-state index in [1.165, 1.54) is 30.2 Å². The van der Waals surface area contributed by atoms with Crippen LogP contribution in [0.15, 0.2) is 78.0 Å². The van der Waals surface area contributed by atoms with Crippen molar-refractivity contribution in [2.24, 2.45) is 0 Å². The summed E-state index contributed by atoms with van der Waals surface area (Å²) in [6.45, 7) is 1.24. The van der Waals surface area contributed by atoms with Crippen molar-refractivity contribution in [3.63, 3.8) is 0 Å². The Kier molecular flexibility index (Phi) is 11.7. The SMILES string of the molecule is Nc1ncnc2c1c(-c1ccc(Oc3ccccc3)cc1)nn2C1CCN(C(=O)CCCCCCCSc2ccc3c(c2F)C(=O)N(C2CCC(=O)NC2=O)C3=O)CC1. The van der Waals surface area contributed by atoms with Crippen molar-refractivity contribution in [2.75, 3.05) is 24.6 Å². The topological polar surface area (TPSA) is 183 Å². The molecule has 3 aliphatic heterocycles. The minimum atomic E-state index is -1.14. The van der Waals surface area contributed by atoms with Crippen LogP contribution in [0, 0.1) is 5.82 Å². The van der Waals surface area contributed by atoms with Crippen LogP contribution in [0.25, 0.3) is 22.3 Å². The van der Waals surface area contributed by atoms with Crippen LogP contribution in [0.4, 0.5) is 10.2 Å². The summed E-state index contributed by atoms with van der Waals surface area (Å²) >= 11 is 1.28. The number of carbonyl (C=O) groups is 5. The molecule has 3 N–H and O–H groups in total. The maximum absolute atomic E-state index is 15.5. The second-order valence-corrected chi connectivity index (χ2v) is 16.1. The van der Waals surface area contributed by atoms with Gasteiger partial charge in [-0.15, -0.1) is 11.8 Å². The van der Waals surface area contributed by atoms with E-state index in [9.17, 15) is 24.0 Å². The number of hydrogen-bond donors (Lipinski definition) is 2. The van der Waals surface area contributed by atoms with Gasteiger partial charge in [-0.05, 0) is 86.4 Å². The Morgan fingerprint density at radius 2 is 1.59 bits per heavy atom. The largest absolute Gasteiger partial charge is 0.457 e. The van der Waals surface area contributed by atoms with Crippen molar-refractivity contribution < 1.29 is 33.1 Å². The van der Waals surface area contributed by atoms with Crippen LogP contribution in [0.1, 0.15) is 91.0 Å². The molecule has 2 aromatic heterocycles. The molecule has 3 aliphatic rings. The van der Waals surface area contributed by atoms with Crippen molar-refractivity contribution >= 4 is 58.1 Å². The van der Waals surface area contributed by atoms with Gasteiger partial charge in [-0.3, -0.25) is 34.2 Å². The zero-order valence-corrected chi connectivity index (χ0v) is 33.1. The number of nitrogens with zero attached hydrogens (tertiary/aromatic N) is 6. The molecule has 5 heterocycles. The monoisotopic (exact) mass is 818 g/mol. The van der Waals surface area contributed by atoms with E-state index in [2.05, 4.69) is 15.3 Å². The highest BCUT2D eigenvalue weighted by molar-refractivity contribution is 7.99. The van der Waals surface area contributed by atoms with Crippen molar-refractivity contribution in [3.8, 4) is 22.8 Å². The first-order valence-corrected chi connectivity index (χ1v) is 20.9. The Bertz CT molecular complexity index is 2420. The van der Waals surface area contributed by atoms with Gasteiger partial charge in [0.1, 0.15) is 41.2 Å². The fraction of sp³-hybridized carbons (Fsp3) is 0.349. The van der Waals surface area contributed by atoms with Gasteiger partial charge < -0.3 is 15.4 Å². The quantitative estimate of drug-likeness (QED) is 0.0691. The summed E-state index contributed by atoms with van der Waals surface area (Å²) in [6, 6.07) is 19.1. The van der Waals surface area contributed by atoms with Crippen LogP contribution in [0.5, 0.6) is 11.5 Å². The fourth-order valence-corrected chi connectivity index (χ4v) is 8.94. The number of ether oxygens (including phenoxy) is 1. The zero-order valence-electron chi connectivity index (χ0n) is 32.3. The summed E-state index contributed by atoms with van der Waals surface area (Å²) < 4.78 is 23.4. The molecule has 5 aromatic rings.